The van der Waals surface area contributed by atoms with E-state index in [0.717, 1.165) is 36.3 Å². The maximum atomic E-state index is 13.2. The van der Waals surface area contributed by atoms with E-state index in [-0.39, 0.29) is 17.6 Å². The third kappa shape index (κ3) is 4.47. The van der Waals surface area contributed by atoms with Crippen LogP contribution in [-0.2, 0) is 4.79 Å². The van der Waals surface area contributed by atoms with Crippen LogP contribution in [0.25, 0.3) is 11.1 Å². The van der Waals surface area contributed by atoms with Gasteiger partial charge in [0.05, 0.1) is 17.6 Å². The number of halogens is 1. The first kappa shape index (κ1) is 19.6. The second-order valence-corrected chi connectivity index (χ2v) is 7.38. The lowest BCUT2D eigenvalue weighted by Gasteiger charge is -2.33. The van der Waals surface area contributed by atoms with Gasteiger partial charge in [-0.25, -0.2) is 9.37 Å². The van der Waals surface area contributed by atoms with Gasteiger partial charge in [-0.2, -0.15) is 5.26 Å². The molecule has 0 aliphatic carbocycles. The van der Waals surface area contributed by atoms with E-state index >= 15 is 0 Å². The van der Waals surface area contributed by atoms with E-state index in [1.807, 2.05) is 24.3 Å². The number of nitriles is 1. The maximum absolute atomic E-state index is 13.2. The highest BCUT2D eigenvalue weighted by molar-refractivity contribution is 5.93. The van der Waals surface area contributed by atoms with E-state index in [2.05, 4.69) is 21.3 Å². The van der Waals surface area contributed by atoms with E-state index in [9.17, 15) is 9.18 Å². The van der Waals surface area contributed by atoms with Gasteiger partial charge in [0.2, 0.25) is 5.91 Å². The number of anilines is 2. The van der Waals surface area contributed by atoms with Crippen LogP contribution in [-0.4, -0.2) is 24.0 Å². The Kier molecular flexibility index (Phi) is 5.71. The van der Waals surface area contributed by atoms with Gasteiger partial charge < -0.3 is 10.2 Å². The van der Waals surface area contributed by atoms with Crippen molar-refractivity contribution >= 4 is 17.4 Å². The normalized spacial score (nSPS) is 16.0. The molecule has 2 aromatic carbocycles. The molecule has 0 unspecified atom stereocenters. The average molecular weight is 400 g/mol. The van der Waals surface area contributed by atoms with Crippen LogP contribution >= 0.6 is 0 Å². The fourth-order valence-electron chi connectivity index (χ4n) is 3.72. The van der Waals surface area contributed by atoms with Gasteiger partial charge in [-0.1, -0.05) is 24.3 Å². The third-order valence-corrected chi connectivity index (χ3v) is 5.30. The largest absolute Gasteiger partial charge is 0.356 e. The third-order valence-electron chi connectivity index (χ3n) is 5.30. The molecule has 1 atom stereocenters. The number of nitrogens with zero attached hydrogens (tertiary/aromatic N) is 3. The minimum absolute atomic E-state index is 0.0348. The maximum Gasteiger partial charge on any atom is 0.229 e. The summed E-state index contributed by atoms with van der Waals surface area (Å²) in [5, 5.41) is 12.1. The summed E-state index contributed by atoms with van der Waals surface area (Å²) in [5.74, 6) is 0.248. The molecule has 1 saturated heterocycles. The van der Waals surface area contributed by atoms with Gasteiger partial charge >= 0.3 is 0 Å². The van der Waals surface area contributed by atoms with Crippen LogP contribution in [0.15, 0.2) is 66.9 Å². The predicted octanol–water partition coefficient (Wildman–Crippen LogP) is 4.61. The number of rotatable bonds is 4. The number of nitrogens with one attached hydrogen (secondary N) is 1. The molecule has 1 fully saturated rings. The van der Waals surface area contributed by atoms with Crippen molar-refractivity contribution in [3.05, 3.63) is 78.2 Å². The summed E-state index contributed by atoms with van der Waals surface area (Å²) in [4.78, 5) is 19.3. The van der Waals surface area contributed by atoms with Crippen LogP contribution in [0, 0.1) is 23.1 Å². The molecular formula is C24H21FN4O. The number of carbonyl (C=O) groups is 1. The number of carbonyl (C=O) groups excluding carboxylic acids is 1. The topological polar surface area (TPSA) is 69.0 Å². The molecule has 1 amide bonds. The second-order valence-electron chi connectivity index (χ2n) is 7.38. The number of aromatic nitrogens is 1. The lowest BCUT2D eigenvalue weighted by Crippen LogP contribution is -2.41. The van der Waals surface area contributed by atoms with Crippen molar-refractivity contribution in [2.75, 3.05) is 23.3 Å². The van der Waals surface area contributed by atoms with E-state index in [1.54, 1.807) is 30.5 Å². The Hall–Kier alpha value is -3.72. The number of piperidine rings is 1. The zero-order valence-electron chi connectivity index (χ0n) is 16.4. The van der Waals surface area contributed by atoms with Gasteiger partial charge in [0.1, 0.15) is 11.6 Å². The monoisotopic (exact) mass is 400 g/mol. The molecule has 3 aromatic rings. The fraction of sp³-hybridized carbons (Fsp3) is 0.208. The van der Waals surface area contributed by atoms with Crippen molar-refractivity contribution in [3.63, 3.8) is 0 Å². The molecule has 1 aromatic heterocycles. The van der Waals surface area contributed by atoms with Crippen LogP contribution in [0.1, 0.15) is 18.4 Å². The van der Waals surface area contributed by atoms with Crippen molar-refractivity contribution in [1.82, 2.24) is 4.98 Å². The van der Waals surface area contributed by atoms with Crippen molar-refractivity contribution < 1.29 is 9.18 Å². The summed E-state index contributed by atoms with van der Waals surface area (Å²) < 4.78 is 13.2. The van der Waals surface area contributed by atoms with Crippen molar-refractivity contribution in [2.24, 2.45) is 5.92 Å². The van der Waals surface area contributed by atoms with Crippen molar-refractivity contribution in [3.8, 4) is 17.2 Å². The van der Waals surface area contributed by atoms with E-state index in [1.165, 1.54) is 12.1 Å². The van der Waals surface area contributed by atoms with Gasteiger partial charge in [0.15, 0.2) is 0 Å². The molecule has 0 spiro atoms. The number of pyridine rings is 1. The average Bonchev–Trinajstić information content (AvgIpc) is 2.80. The Bertz CT molecular complexity index is 1090. The van der Waals surface area contributed by atoms with Crippen LogP contribution in [0.5, 0.6) is 0 Å². The number of hydrogen-bond acceptors (Lipinski definition) is 4. The van der Waals surface area contributed by atoms with Crippen molar-refractivity contribution in [2.45, 2.75) is 12.8 Å². The zero-order chi connectivity index (χ0) is 20.9. The molecule has 0 bridgehead atoms. The summed E-state index contributed by atoms with van der Waals surface area (Å²) in [6, 6.07) is 19.4. The van der Waals surface area contributed by atoms with Crippen LogP contribution in [0.3, 0.4) is 0 Å². The first-order chi connectivity index (χ1) is 14.6. The molecule has 2 heterocycles. The number of amides is 1. The van der Waals surface area contributed by atoms with E-state index < -0.39 is 0 Å². The zero-order valence-corrected chi connectivity index (χ0v) is 16.4. The summed E-state index contributed by atoms with van der Waals surface area (Å²) in [7, 11) is 0. The molecule has 150 valence electrons. The second kappa shape index (κ2) is 8.75. The van der Waals surface area contributed by atoms with Gasteiger partial charge in [-0.3, -0.25) is 4.79 Å². The Morgan fingerprint density at radius 1 is 1.13 bits per heavy atom. The van der Waals surface area contributed by atoms with Gasteiger partial charge in [0.25, 0.3) is 0 Å². The SMILES string of the molecule is N#Cc1ccnc(N2CCC[C@@H](C(=O)Nc3cccc(-c4ccc(F)cc4)c3)C2)c1. The smallest absolute Gasteiger partial charge is 0.229 e. The highest BCUT2D eigenvalue weighted by Crippen LogP contribution is 2.26. The molecule has 1 aliphatic heterocycles. The highest BCUT2D eigenvalue weighted by Gasteiger charge is 2.26. The summed E-state index contributed by atoms with van der Waals surface area (Å²) in [6.45, 7) is 1.37. The molecule has 1 aliphatic rings. The first-order valence-electron chi connectivity index (χ1n) is 9.90. The first-order valence-corrected chi connectivity index (χ1v) is 9.90. The molecule has 0 radical (unpaired) electrons. The summed E-state index contributed by atoms with van der Waals surface area (Å²) >= 11 is 0. The minimum atomic E-state index is -0.278. The predicted molar refractivity (Wildman–Crippen MR) is 114 cm³/mol. The van der Waals surface area contributed by atoms with Gasteiger partial charge in [-0.05, 0) is 60.4 Å². The summed E-state index contributed by atoms with van der Waals surface area (Å²) in [5.41, 5.74) is 3.07. The summed E-state index contributed by atoms with van der Waals surface area (Å²) in [6.07, 6.45) is 3.31. The molecule has 30 heavy (non-hydrogen) atoms. The van der Waals surface area contributed by atoms with Crippen molar-refractivity contribution in [1.29, 1.82) is 5.26 Å². The number of hydrogen-bond donors (Lipinski definition) is 1. The van der Waals surface area contributed by atoms with Crippen LogP contribution < -0.4 is 10.2 Å². The molecule has 6 heteroatoms. The lowest BCUT2D eigenvalue weighted by atomic mass is 9.96. The van der Waals surface area contributed by atoms with Crippen LogP contribution in [0.2, 0.25) is 0 Å². The minimum Gasteiger partial charge on any atom is -0.356 e. The molecule has 4 rings (SSSR count). The van der Waals surface area contributed by atoms with E-state index in [4.69, 9.17) is 5.26 Å². The lowest BCUT2D eigenvalue weighted by molar-refractivity contribution is -0.120. The Balaban J connectivity index is 1.45. The molecule has 1 N–H and O–H groups in total. The Morgan fingerprint density at radius 2 is 1.97 bits per heavy atom. The van der Waals surface area contributed by atoms with Gasteiger partial charge in [-0.15, -0.1) is 0 Å². The van der Waals surface area contributed by atoms with Gasteiger partial charge in [0, 0.05) is 25.0 Å². The quantitative estimate of drug-likeness (QED) is 0.694. The molecule has 0 saturated carbocycles. The standard InChI is InChI=1S/C24H21FN4O/c25-21-8-6-18(7-9-21)19-3-1-5-22(14-19)28-24(30)20-4-2-12-29(16-20)23-13-17(15-26)10-11-27-23/h1,3,5-11,13-14,20H,2,4,12,16H2,(H,28,30)/t20-/m1/s1. The Labute approximate surface area is 174 Å². The van der Waals surface area contributed by atoms with Crippen LogP contribution in [0.4, 0.5) is 15.9 Å². The molecule has 5 nitrogen and oxygen atoms in total. The fourth-order valence-corrected chi connectivity index (χ4v) is 3.72. The van der Waals surface area contributed by atoms with E-state index in [0.29, 0.717) is 17.8 Å². The Morgan fingerprint density at radius 3 is 2.77 bits per heavy atom. The number of benzene rings is 2. The highest BCUT2D eigenvalue weighted by atomic mass is 19.1. The molecular weight excluding hydrogens is 379 g/mol.